The lowest BCUT2D eigenvalue weighted by molar-refractivity contribution is 0.0159. The summed E-state index contributed by atoms with van der Waals surface area (Å²) >= 11 is 0. The molecule has 4 aromatic rings. The van der Waals surface area contributed by atoms with Crippen LogP contribution in [0.25, 0.3) is 22.1 Å². The molecule has 0 unspecified atom stereocenters. The zero-order valence-electron chi connectivity index (χ0n) is 21.4. The number of anilines is 2. The number of piperazine rings is 1. The van der Waals surface area contributed by atoms with Crippen LogP contribution in [0.4, 0.5) is 16.3 Å². The van der Waals surface area contributed by atoms with Crippen molar-refractivity contribution in [1.82, 2.24) is 9.88 Å². The second-order valence-corrected chi connectivity index (χ2v) is 10.2. The van der Waals surface area contributed by atoms with Gasteiger partial charge in [-0.2, -0.15) is 0 Å². The van der Waals surface area contributed by atoms with Gasteiger partial charge in [0.15, 0.2) is 22.7 Å². The summed E-state index contributed by atoms with van der Waals surface area (Å²) in [7, 11) is 0. The predicted molar refractivity (Wildman–Crippen MR) is 143 cm³/mol. The van der Waals surface area contributed by atoms with Gasteiger partial charge < -0.3 is 29.4 Å². The van der Waals surface area contributed by atoms with Crippen molar-refractivity contribution < 1.29 is 18.7 Å². The second-order valence-electron chi connectivity index (χ2n) is 10.2. The quantitative estimate of drug-likeness (QED) is 0.383. The number of nitrogens with zero attached hydrogens (tertiary/aromatic N) is 3. The maximum atomic E-state index is 12.8. The Labute approximate surface area is 214 Å². The third-order valence-electron chi connectivity index (χ3n) is 6.23. The fourth-order valence-corrected chi connectivity index (χ4v) is 4.44. The van der Waals surface area contributed by atoms with E-state index in [-0.39, 0.29) is 28.9 Å². The van der Waals surface area contributed by atoms with Crippen LogP contribution in [0, 0.1) is 0 Å². The maximum Gasteiger partial charge on any atom is 0.410 e. The molecule has 2 aromatic heterocycles. The van der Waals surface area contributed by atoms with Crippen LogP contribution in [0.1, 0.15) is 27.7 Å². The molecule has 9 nitrogen and oxygen atoms in total. The zero-order chi connectivity index (χ0) is 26.3. The number of fused-ring (bicyclic) bond motifs is 2. The van der Waals surface area contributed by atoms with E-state index in [4.69, 9.17) is 19.6 Å². The van der Waals surface area contributed by atoms with E-state index in [0.717, 1.165) is 5.69 Å². The van der Waals surface area contributed by atoms with Crippen LogP contribution in [0.3, 0.4) is 0 Å². The molecule has 1 atom stereocenters. The molecule has 192 valence electrons. The zero-order valence-corrected chi connectivity index (χ0v) is 21.4. The van der Waals surface area contributed by atoms with Crippen molar-refractivity contribution in [2.75, 3.05) is 30.3 Å². The molecule has 1 aliphatic rings. The van der Waals surface area contributed by atoms with E-state index >= 15 is 0 Å². The summed E-state index contributed by atoms with van der Waals surface area (Å²) in [6.45, 7) is 9.59. The van der Waals surface area contributed by atoms with Gasteiger partial charge in [0.05, 0.1) is 5.39 Å². The molecule has 0 saturated carbocycles. The third-order valence-corrected chi connectivity index (χ3v) is 6.23. The number of aromatic nitrogens is 1. The number of hydrogen-bond donors (Lipinski definition) is 1. The van der Waals surface area contributed by atoms with Gasteiger partial charge in [0.2, 0.25) is 5.43 Å². The number of nitrogen functional groups attached to an aromatic ring is 1. The first-order valence-electron chi connectivity index (χ1n) is 12.2. The SMILES string of the molecule is C[C@H]1CN(c2ccc(Oc3cc4oc5ccccc5c(=O)c4nc3N)cc2)CCN1C(=O)OC(C)(C)C. The highest BCUT2D eigenvalue weighted by Crippen LogP contribution is 2.31. The normalized spacial score (nSPS) is 16.3. The lowest BCUT2D eigenvalue weighted by Gasteiger charge is -2.41. The first-order chi connectivity index (χ1) is 17.6. The monoisotopic (exact) mass is 502 g/mol. The molecule has 3 heterocycles. The Hall–Kier alpha value is -4.27. The number of amides is 1. The van der Waals surface area contributed by atoms with Crippen molar-refractivity contribution >= 4 is 39.7 Å². The number of carbonyl (C=O) groups is 1. The third kappa shape index (κ3) is 5.02. The number of rotatable bonds is 3. The van der Waals surface area contributed by atoms with Crippen LogP contribution in [0.2, 0.25) is 0 Å². The number of hydrogen-bond acceptors (Lipinski definition) is 8. The highest BCUT2D eigenvalue weighted by Gasteiger charge is 2.31. The van der Waals surface area contributed by atoms with Gasteiger partial charge in [-0.3, -0.25) is 4.79 Å². The Morgan fingerprint density at radius 3 is 2.51 bits per heavy atom. The number of para-hydroxylation sites is 1. The number of benzene rings is 2. The van der Waals surface area contributed by atoms with E-state index < -0.39 is 5.60 Å². The lowest BCUT2D eigenvalue weighted by atomic mass is 10.1. The van der Waals surface area contributed by atoms with Gasteiger partial charge in [-0.05, 0) is 64.1 Å². The van der Waals surface area contributed by atoms with Crippen LogP contribution < -0.4 is 20.8 Å². The van der Waals surface area contributed by atoms with Gasteiger partial charge in [-0.1, -0.05) is 12.1 Å². The van der Waals surface area contributed by atoms with Crippen molar-refractivity contribution in [3.63, 3.8) is 0 Å². The summed E-state index contributed by atoms with van der Waals surface area (Å²) in [6.07, 6.45) is -0.284. The Kier molecular flexibility index (Phi) is 6.15. The molecule has 1 saturated heterocycles. The topological polar surface area (TPSA) is 111 Å². The van der Waals surface area contributed by atoms with E-state index in [1.54, 1.807) is 35.2 Å². The Balaban J connectivity index is 1.31. The molecule has 0 radical (unpaired) electrons. The van der Waals surface area contributed by atoms with Crippen molar-refractivity contribution in [2.45, 2.75) is 39.3 Å². The fraction of sp³-hybridized carbons (Fsp3) is 0.321. The summed E-state index contributed by atoms with van der Waals surface area (Å²) in [5, 5.41) is 0.451. The number of ether oxygens (including phenoxy) is 2. The molecule has 1 amide bonds. The predicted octanol–water partition coefficient (Wildman–Crippen LogP) is 5.16. The molecule has 2 N–H and O–H groups in total. The molecule has 2 aromatic carbocycles. The summed E-state index contributed by atoms with van der Waals surface area (Å²) < 4.78 is 17.4. The highest BCUT2D eigenvalue weighted by atomic mass is 16.6. The van der Waals surface area contributed by atoms with Gasteiger partial charge in [0, 0.05) is 37.4 Å². The minimum absolute atomic E-state index is 0.00809. The molecule has 9 heteroatoms. The van der Waals surface area contributed by atoms with Gasteiger partial charge in [-0.25, -0.2) is 9.78 Å². The van der Waals surface area contributed by atoms with E-state index in [2.05, 4.69) is 9.88 Å². The van der Waals surface area contributed by atoms with Crippen LogP contribution in [0.15, 0.2) is 63.8 Å². The number of carbonyl (C=O) groups excluding carboxylic acids is 1. The van der Waals surface area contributed by atoms with E-state index in [1.807, 2.05) is 52.0 Å². The van der Waals surface area contributed by atoms with Gasteiger partial charge >= 0.3 is 6.09 Å². The fourth-order valence-electron chi connectivity index (χ4n) is 4.44. The van der Waals surface area contributed by atoms with Gasteiger partial charge in [-0.15, -0.1) is 0 Å². The van der Waals surface area contributed by atoms with Crippen molar-refractivity contribution in [3.05, 3.63) is 64.8 Å². The second kappa shape index (κ2) is 9.31. The van der Waals surface area contributed by atoms with E-state index in [9.17, 15) is 9.59 Å². The number of pyridine rings is 1. The lowest BCUT2D eigenvalue weighted by Crippen LogP contribution is -2.55. The average molecular weight is 503 g/mol. The molecule has 0 spiro atoms. The van der Waals surface area contributed by atoms with Crippen LogP contribution in [0.5, 0.6) is 11.5 Å². The molecular weight excluding hydrogens is 472 g/mol. The molecule has 5 rings (SSSR count). The average Bonchev–Trinajstić information content (AvgIpc) is 2.84. The standard InChI is InChI=1S/C28H30N4O5/c1-17-16-31(13-14-32(17)27(34)37-28(2,3)4)18-9-11-19(12-10-18)35-23-15-22-24(30-26(23)29)25(33)20-7-5-6-8-21(20)36-22/h5-12,15,17H,13-14,16H2,1-4H3,(H2,29,30)/t17-/m0/s1. The summed E-state index contributed by atoms with van der Waals surface area (Å²) in [4.78, 5) is 33.6. The smallest absolute Gasteiger partial charge is 0.410 e. The van der Waals surface area contributed by atoms with Crippen molar-refractivity contribution in [2.24, 2.45) is 0 Å². The minimum atomic E-state index is -0.521. The highest BCUT2D eigenvalue weighted by molar-refractivity contribution is 5.89. The first kappa shape index (κ1) is 24.4. The molecule has 1 aliphatic heterocycles. The van der Waals surface area contributed by atoms with Gasteiger partial charge in [0.25, 0.3) is 0 Å². The largest absolute Gasteiger partial charge is 0.454 e. The Morgan fingerprint density at radius 2 is 1.81 bits per heavy atom. The Bertz CT molecular complexity index is 1520. The van der Waals surface area contributed by atoms with Crippen molar-refractivity contribution in [3.8, 4) is 11.5 Å². The van der Waals surface area contributed by atoms with E-state index in [1.165, 1.54) is 0 Å². The minimum Gasteiger partial charge on any atom is -0.454 e. The first-order valence-corrected chi connectivity index (χ1v) is 12.2. The summed E-state index contributed by atoms with van der Waals surface area (Å²) in [6, 6.07) is 16.2. The number of nitrogens with two attached hydrogens (primary N) is 1. The van der Waals surface area contributed by atoms with Crippen LogP contribution >= 0.6 is 0 Å². The molecule has 0 bridgehead atoms. The van der Waals surface area contributed by atoms with Gasteiger partial charge in [0.1, 0.15) is 16.9 Å². The Morgan fingerprint density at radius 1 is 1.08 bits per heavy atom. The molecule has 0 aliphatic carbocycles. The summed E-state index contributed by atoms with van der Waals surface area (Å²) in [5.41, 5.74) is 7.33. The molecular formula is C28H30N4O5. The molecule has 37 heavy (non-hydrogen) atoms. The maximum absolute atomic E-state index is 12.8. The van der Waals surface area contributed by atoms with Crippen LogP contribution in [-0.4, -0.2) is 47.3 Å². The molecule has 1 fully saturated rings. The van der Waals surface area contributed by atoms with E-state index in [0.29, 0.717) is 47.7 Å². The van der Waals surface area contributed by atoms with Crippen LogP contribution in [-0.2, 0) is 4.74 Å². The summed E-state index contributed by atoms with van der Waals surface area (Å²) in [5.74, 6) is 0.977. The van der Waals surface area contributed by atoms with Crippen molar-refractivity contribution in [1.29, 1.82) is 0 Å².